The molecular formula is C13H22N2O3S2. The van der Waals surface area contributed by atoms with Gasteiger partial charge in [0.2, 0.25) is 10.0 Å². The summed E-state index contributed by atoms with van der Waals surface area (Å²) in [5.74, 6) is 0. The summed E-state index contributed by atoms with van der Waals surface area (Å²) in [5.41, 5.74) is 0.572. The first-order valence-electron chi connectivity index (χ1n) is 6.75. The lowest BCUT2D eigenvalue weighted by atomic mass is 9.97. The summed E-state index contributed by atoms with van der Waals surface area (Å²) in [4.78, 5) is 2.14. The highest BCUT2D eigenvalue weighted by Gasteiger charge is 2.37. The van der Waals surface area contributed by atoms with Gasteiger partial charge in [-0.25, -0.2) is 13.1 Å². The van der Waals surface area contributed by atoms with E-state index in [-0.39, 0.29) is 16.4 Å². The van der Waals surface area contributed by atoms with Crippen LogP contribution >= 0.6 is 11.3 Å². The van der Waals surface area contributed by atoms with Crippen LogP contribution in [0.2, 0.25) is 0 Å². The van der Waals surface area contributed by atoms with Crippen LogP contribution in [0.15, 0.2) is 15.7 Å². The van der Waals surface area contributed by atoms with Crippen LogP contribution in [0.4, 0.5) is 0 Å². The van der Waals surface area contributed by atoms with Crippen LogP contribution in [0, 0.1) is 0 Å². The van der Waals surface area contributed by atoms with E-state index in [2.05, 4.69) is 9.62 Å². The van der Waals surface area contributed by atoms with Gasteiger partial charge in [0.15, 0.2) is 0 Å². The van der Waals surface area contributed by atoms with Gasteiger partial charge in [0.25, 0.3) is 0 Å². The second-order valence-electron chi connectivity index (χ2n) is 5.58. The first-order chi connectivity index (χ1) is 9.39. The average molecular weight is 318 g/mol. The monoisotopic (exact) mass is 318 g/mol. The van der Waals surface area contributed by atoms with Crippen LogP contribution in [-0.2, 0) is 16.6 Å². The summed E-state index contributed by atoms with van der Waals surface area (Å²) < 4.78 is 27.6. The number of sulfonamides is 1. The topological polar surface area (TPSA) is 69.6 Å². The third-order valence-electron chi connectivity index (χ3n) is 4.15. The maximum atomic E-state index is 12.3. The number of nitrogens with one attached hydrogen (secondary N) is 1. The van der Waals surface area contributed by atoms with Crippen molar-refractivity contribution in [3.63, 3.8) is 0 Å². The molecule has 0 atom stereocenters. The molecule has 0 aromatic carbocycles. The van der Waals surface area contributed by atoms with Crippen LogP contribution in [0.1, 0.15) is 31.2 Å². The predicted molar refractivity (Wildman–Crippen MR) is 80.3 cm³/mol. The number of likely N-dealkylation sites (N-methyl/N-ethyl adjacent to an activating group) is 1. The molecule has 0 radical (unpaired) electrons. The first-order valence-corrected chi connectivity index (χ1v) is 9.11. The van der Waals surface area contributed by atoms with E-state index in [9.17, 15) is 8.42 Å². The average Bonchev–Trinajstić information content (AvgIpc) is 3.06. The Morgan fingerprint density at radius 3 is 2.55 bits per heavy atom. The Hall–Kier alpha value is -0.470. The van der Waals surface area contributed by atoms with Crippen molar-refractivity contribution in [2.24, 2.45) is 0 Å². The Bertz CT molecular complexity index is 546. The fourth-order valence-corrected chi connectivity index (χ4v) is 5.06. The molecule has 1 heterocycles. The predicted octanol–water partition coefficient (Wildman–Crippen LogP) is 1.39. The molecule has 1 saturated carbocycles. The standard InChI is InChI=1S/C13H22N2O3S2/c1-15(2)13(5-3-4-6-13)10-14-20(17,18)12-7-11(8-16)9-19-12/h7,9,14,16H,3-6,8,10H2,1-2H3. The molecule has 0 unspecified atom stereocenters. The Kier molecular flexibility index (Phi) is 4.86. The minimum Gasteiger partial charge on any atom is -0.392 e. The molecule has 0 aliphatic heterocycles. The van der Waals surface area contributed by atoms with Crippen molar-refractivity contribution in [1.29, 1.82) is 0 Å². The molecule has 0 saturated heterocycles. The number of nitrogens with zero attached hydrogens (tertiary/aromatic N) is 1. The van der Waals surface area contributed by atoms with Gasteiger partial charge in [-0.15, -0.1) is 11.3 Å². The van der Waals surface area contributed by atoms with Crippen molar-refractivity contribution in [2.75, 3.05) is 20.6 Å². The van der Waals surface area contributed by atoms with E-state index >= 15 is 0 Å². The van der Waals surface area contributed by atoms with E-state index in [1.54, 1.807) is 5.38 Å². The third kappa shape index (κ3) is 3.23. The summed E-state index contributed by atoms with van der Waals surface area (Å²) in [6.45, 7) is 0.308. The molecule has 1 aromatic heterocycles. The minimum absolute atomic E-state index is 0.0653. The zero-order valence-corrected chi connectivity index (χ0v) is 13.6. The Morgan fingerprint density at radius 2 is 2.05 bits per heavy atom. The Balaban J connectivity index is 2.08. The fraction of sp³-hybridized carbons (Fsp3) is 0.692. The summed E-state index contributed by atoms with van der Waals surface area (Å²) in [6, 6.07) is 1.53. The highest BCUT2D eigenvalue weighted by molar-refractivity contribution is 7.91. The smallest absolute Gasteiger partial charge is 0.250 e. The highest BCUT2D eigenvalue weighted by Crippen LogP contribution is 2.33. The van der Waals surface area contributed by atoms with Crippen LogP contribution in [0.25, 0.3) is 0 Å². The van der Waals surface area contributed by atoms with Crippen LogP contribution < -0.4 is 4.72 Å². The summed E-state index contributed by atoms with van der Waals surface area (Å²) in [5, 5.41) is 10.7. The van der Waals surface area contributed by atoms with Crippen LogP contribution in [0.5, 0.6) is 0 Å². The highest BCUT2D eigenvalue weighted by atomic mass is 32.2. The molecule has 1 aromatic rings. The van der Waals surface area contributed by atoms with Gasteiger partial charge in [0.05, 0.1) is 6.61 Å². The van der Waals surface area contributed by atoms with Gasteiger partial charge < -0.3 is 10.0 Å². The third-order valence-corrected chi connectivity index (χ3v) is 7.04. The molecular weight excluding hydrogens is 296 g/mol. The van der Waals surface area contributed by atoms with Gasteiger partial charge in [-0.05, 0) is 43.9 Å². The Morgan fingerprint density at radius 1 is 1.40 bits per heavy atom. The summed E-state index contributed by atoms with van der Waals surface area (Å²) in [7, 11) is 0.539. The molecule has 1 fully saturated rings. The molecule has 0 spiro atoms. The zero-order valence-electron chi connectivity index (χ0n) is 11.9. The molecule has 0 bridgehead atoms. The molecule has 0 amide bonds. The van der Waals surface area contributed by atoms with E-state index in [1.165, 1.54) is 6.07 Å². The lowest BCUT2D eigenvalue weighted by Crippen LogP contribution is -2.50. The van der Waals surface area contributed by atoms with Gasteiger partial charge in [0, 0.05) is 12.1 Å². The normalized spacial score (nSPS) is 18.8. The maximum absolute atomic E-state index is 12.3. The molecule has 2 N–H and O–H groups in total. The number of aliphatic hydroxyl groups is 1. The summed E-state index contributed by atoms with van der Waals surface area (Å²) in [6.07, 6.45) is 4.34. The van der Waals surface area contributed by atoms with Crippen LogP contribution in [-0.4, -0.2) is 44.6 Å². The van der Waals surface area contributed by atoms with Gasteiger partial charge in [0.1, 0.15) is 4.21 Å². The molecule has 7 heteroatoms. The molecule has 20 heavy (non-hydrogen) atoms. The van der Waals surface area contributed by atoms with E-state index in [4.69, 9.17) is 5.11 Å². The summed E-state index contributed by atoms with van der Waals surface area (Å²) >= 11 is 1.15. The van der Waals surface area contributed by atoms with Crippen molar-refractivity contribution in [1.82, 2.24) is 9.62 Å². The number of hydrogen-bond acceptors (Lipinski definition) is 5. The van der Waals surface area contributed by atoms with Crippen molar-refractivity contribution in [2.45, 2.75) is 42.0 Å². The van der Waals surface area contributed by atoms with Gasteiger partial charge in [-0.1, -0.05) is 12.8 Å². The van der Waals surface area contributed by atoms with Crippen molar-refractivity contribution in [3.8, 4) is 0 Å². The Labute approximate surface area is 124 Å². The second kappa shape index (κ2) is 6.11. The minimum atomic E-state index is -3.48. The van der Waals surface area contributed by atoms with Gasteiger partial charge >= 0.3 is 0 Å². The number of hydrogen-bond donors (Lipinski definition) is 2. The van der Waals surface area contributed by atoms with Crippen molar-refractivity contribution in [3.05, 3.63) is 17.0 Å². The van der Waals surface area contributed by atoms with Crippen LogP contribution in [0.3, 0.4) is 0 Å². The van der Waals surface area contributed by atoms with Gasteiger partial charge in [-0.2, -0.15) is 0 Å². The SMILES string of the molecule is CN(C)C1(CNS(=O)(=O)c2cc(CO)cs2)CCCC1. The molecule has 2 rings (SSSR count). The molecule has 5 nitrogen and oxygen atoms in total. The lowest BCUT2D eigenvalue weighted by Gasteiger charge is -2.36. The zero-order chi connectivity index (χ0) is 14.8. The fourth-order valence-electron chi connectivity index (χ4n) is 2.69. The first kappa shape index (κ1) is 15.9. The molecule has 114 valence electrons. The van der Waals surface area contributed by atoms with E-state index in [0.29, 0.717) is 12.1 Å². The quantitative estimate of drug-likeness (QED) is 0.832. The van der Waals surface area contributed by atoms with Crippen molar-refractivity contribution >= 4 is 21.4 Å². The van der Waals surface area contributed by atoms with E-state index in [0.717, 1.165) is 37.0 Å². The van der Waals surface area contributed by atoms with E-state index < -0.39 is 10.0 Å². The van der Waals surface area contributed by atoms with Gasteiger partial charge in [-0.3, -0.25) is 0 Å². The molecule has 1 aliphatic rings. The number of rotatable bonds is 6. The second-order valence-corrected chi connectivity index (χ2v) is 8.49. The lowest BCUT2D eigenvalue weighted by molar-refractivity contribution is 0.162. The largest absolute Gasteiger partial charge is 0.392 e. The van der Waals surface area contributed by atoms with E-state index in [1.807, 2.05) is 14.1 Å². The van der Waals surface area contributed by atoms with Crippen molar-refractivity contribution < 1.29 is 13.5 Å². The number of thiophene rings is 1. The number of aliphatic hydroxyl groups excluding tert-OH is 1. The molecule has 1 aliphatic carbocycles. The maximum Gasteiger partial charge on any atom is 0.250 e.